The number of hydrogen-bond donors (Lipinski definition) is 0. The summed E-state index contributed by atoms with van der Waals surface area (Å²) in [4.78, 5) is 16.0. The quantitative estimate of drug-likeness (QED) is 0.706. The largest absolute Gasteiger partial charge is 0.339 e. The molecule has 0 N–H and O–H groups in total. The molecule has 20 heavy (non-hydrogen) atoms. The molecule has 0 saturated carbocycles. The van der Waals surface area contributed by atoms with E-state index in [2.05, 4.69) is 4.40 Å². The van der Waals surface area contributed by atoms with Gasteiger partial charge in [-0.2, -0.15) is 0 Å². The van der Waals surface area contributed by atoms with Gasteiger partial charge in [0, 0.05) is 25.8 Å². The van der Waals surface area contributed by atoms with E-state index in [0.29, 0.717) is 18.0 Å². The molecule has 7 heteroatoms. The molecule has 3 aliphatic rings. The van der Waals surface area contributed by atoms with Crippen molar-refractivity contribution in [2.75, 3.05) is 25.4 Å². The maximum atomic E-state index is 12.4. The van der Waals surface area contributed by atoms with Gasteiger partial charge in [-0.3, -0.25) is 4.79 Å². The number of hydrogen-bond acceptors (Lipinski definition) is 4. The van der Waals surface area contributed by atoms with Gasteiger partial charge in [0.2, 0.25) is 0 Å². The number of amides is 1. The van der Waals surface area contributed by atoms with Crippen LogP contribution >= 0.6 is 0 Å². The van der Waals surface area contributed by atoms with Crippen LogP contribution in [0.3, 0.4) is 0 Å². The highest BCUT2D eigenvalue weighted by atomic mass is 32.2. The van der Waals surface area contributed by atoms with E-state index in [1.807, 2.05) is 4.90 Å². The maximum absolute atomic E-state index is 12.4. The smallest absolute Gasteiger partial charge is 0.256 e. The van der Waals surface area contributed by atoms with E-state index in [4.69, 9.17) is 0 Å². The molecule has 0 radical (unpaired) electrons. The van der Waals surface area contributed by atoms with Gasteiger partial charge >= 0.3 is 0 Å². The Kier molecular flexibility index (Phi) is 3.37. The molecule has 0 spiro atoms. The second-order valence-electron chi connectivity index (χ2n) is 5.20. The first-order valence-electron chi connectivity index (χ1n) is 6.84. The Balaban J connectivity index is 1.79. The Hall–Kier alpha value is -1.63. The van der Waals surface area contributed by atoms with Crippen molar-refractivity contribution >= 4 is 21.8 Å². The molecule has 1 fully saturated rings. The lowest BCUT2D eigenvalue weighted by Crippen LogP contribution is -2.40. The molecule has 1 saturated heterocycles. The summed E-state index contributed by atoms with van der Waals surface area (Å²) in [6, 6.07) is 0. The Morgan fingerprint density at radius 3 is 2.60 bits per heavy atom. The maximum Gasteiger partial charge on any atom is 0.256 e. The fourth-order valence-electron chi connectivity index (χ4n) is 2.61. The molecule has 0 atom stereocenters. The summed E-state index contributed by atoms with van der Waals surface area (Å²) in [6.45, 7) is 1.96. The molecule has 0 aliphatic carbocycles. The van der Waals surface area contributed by atoms with E-state index >= 15 is 0 Å². The van der Waals surface area contributed by atoms with Crippen LogP contribution in [0.15, 0.2) is 28.3 Å². The fraction of sp³-hybridized carbons (Fsp3) is 0.538. The summed E-state index contributed by atoms with van der Waals surface area (Å²) in [7, 11) is -3.34. The molecule has 3 rings (SSSR count). The van der Waals surface area contributed by atoms with E-state index in [9.17, 15) is 13.2 Å². The first-order valence-corrected chi connectivity index (χ1v) is 8.44. The first-order chi connectivity index (χ1) is 9.55. The zero-order valence-electron chi connectivity index (χ0n) is 11.2. The van der Waals surface area contributed by atoms with Crippen LogP contribution in [0.2, 0.25) is 0 Å². The third kappa shape index (κ3) is 2.63. The second kappa shape index (κ2) is 5.05. The Labute approximate surface area is 118 Å². The highest BCUT2D eigenvalue weighted by Crippen LogP contribution is 2.19. The average molecular weight is 295 g/mol. The fourth-order valence-corrected chi connectivity index (χ4v) is 3.58. The van der Waals surface area contributed by atoms with Crippen LogP contribution in [0.5, 0.6) is 0 Å². The van der Waals surface area contributed by atoms with Gasteiger partial charge in [0.15, 0.2) is 0 Å². The predicted molar refractivity (Wildman–Crippen MR) is 75.6 cm³/mol. The molecule has 0 aromatic heterocycles. The van der Waals surface area contributed by atoms with Gasteiger partial charge in [-0.25, -0.2) is 8.42 Å². The van der Waals surface area contributed by atoms with Crippen molar-refractivity contribution in [2.24, 2.45) is 4.40 Å². The van der Waals surface area contributed by atoms with Crippen LogP contribution in [0.25, 0.3) is 0 Å². The SMILES string of the molecule is O=C(C1=CN2CCS(=O)(=O)N=C2C=C1)N1CCCCC1. The molecule has 108 valence electrons. The van der Waals surface area contributed by atoms with Crippen molar-refractivity contribution in [2.45, 2.75) is 19.3 Å². The van der Waals surface area contributed by atoms with Gasteiger partial charge in [0.05, 0.1) is 11.3 Å². The molecule has 3 heterocycles. The lowest BCUT2D eigenvalue weighted by atomic mass is 10.1. The summed E-state index contributed by atoms with van der Waals surface area (Å²) in [5, 5.41) is 0. The molecule has 0 bridgehead atoms. The topological polar surface area (TPSA) is 70.0 Å². The highest BCUT2D eigenvalue weighted by molar-refractivity contribution is 7.90. The molecular weight excluding hydrogens is 278 g/mol. The number of carbonyl (C=O) groups excluding carboxylic acids is 1. The Morgan fingerprint density at radius 2 is 1.85 bits per heavy atom. The Morgan fingerprint density at radius 1 is 1.10 bits per heavy atom. The van der Waals surface area contributed by atoms with Crippen molar-refractivity contribution in [3.8, 4) is 0 Å². The van der Waals surface area contributed by atoms with Crippen molar-refractivity contribution in [3.05, 3.63) is 23.9 Å². The van der Waals surface area contributed by atoms with Crippen molar-refractivity contribution in [1.82, 2.24) is 9.80 Å². The predicted octanol–water partition coefficient (Wildman–Crippen LogP) is 0.496. The lowest BCUT2D eigenvalue weighted by Gasteiger charge is -2.30. The van der Waals surface area contributed by atoms with E-state index in [0.717, 1.165) is 25.9 Å². The summed E-state index contributed by atoms with van der Waals surface area (Å²) in [5.41, 5.74) is 0.602. The minimum Gasteiger partial charge on any atom is -0.339 e. The van der Waals surface area contributed by atoms with Crippen LogP contribution in [-0.4, -0.2) is 55.3 Å². The van der Waals surface area contributed by atoms with Crippen molar-refractivity contribution < 1.29 is 13.2 Å². The highest BCUT2D eigenvalue weighted by Gasteiger charge is 2.26. The molecule has 6 nitrogen and oxygen atoms in total. The number of rotatable bonds is 1. The van der Waals surface area contributed by atoms with Crippen molar-refractivity contribution in [3.63, 3.8) is 0 Å². The van der Waals surface area contributed by atoms with E-state index in [-0.39, 0.29) is 11.7 Å². The monoisotopic (exact) mass is 295 g/mol. The van der Waals surface area contributed by atoms with E-state index in [1.54, 1.807) is 23.3 Å². The van der Waals surface area contributed by atoms with Gasteiger partial charge in [0.1, 0.15) is 5.84 Å². The summed E-state index contributed by atoms with van der Waals surface area (Å²) in [5.74, 6) is 0.409. The van der Waals surface area contributed by atoms with Crippen LogP contribution in [0.1, 0.15) is 19.3 Å². The Bertz CT molecular complexity index is 613. The van der Waals surface area contributed by atoms with Crippen LogP contribution in [0.4, 0.5) is 0 Å². The van der Waals surface area contributed by atoms with Gasteiger partial charge in [0.25, 0.3) is 15.9 Å². The van der Waals surface area contributed by atoms with Gasteiger partial charge in [-0.15, -0.1) is 4.40 Å². The van der Waals surface area contributed by atoms with Crippen LogP contribution < -0.4 is 0 Å². The zero-order chi connectivity index (χ0) is 14.2. The number of likely N-dealkylation sites (tertiary alicyclic amines) is 1. The summed E-state index contributed by atoms with van der Waals surface area (Å²) in [6.07, 6.45) is 8.26. The van der Waals surface area contributed by atoms with Gasteiger partial charge in [-0.05, 0) is 31.4 Å². The molecule has 0 aromatic carbocycles. The number of sulfonamides is 1. The number of piperidine rings is 1. The number of fused-ring (bicyclic) bond motifs is 1. The number of nitrogens with zero attached hydrogens (tertiary/aromatic N) is 3. The minimum absolute atomic E-state index is 0.00791. The normalized spacial score (nSPS) is 24.8. The van der Waals surface area contributed by atoms with E-state index < -0.39 is 10.0 Å². The number of amidine groups is 1. The molecular formula is C13H17N3O3S. The van der Waals surface area contributed by atoms with E-state index in [1.165, 1.54) is 6.42 Å². The minimum atomic E-state index is -3.34. The van der Waals surface area contributed by atoms with Crippen LogP contribution in [-0.2, 0) is 14.8 Å². The summed E-state index contributed by atoms with van der Waals surface area (Å²) < 4.78 is 26.5. The molecule has 1 amide bonds. The number of carbonyl (C=O) groups is 1. The first kappa shape index (κ1) is 13.4. The molecule has 0 unspecified atom stereocenters. The third-order valence-corrected chi connectivity index (χ3v) is 4.88. The molecule has 0 aromatic rings. The van der Waals surface area contributed by atoms with Gasteiger partial charge in [-0.1, -0.05) is 0 Å². The molecule has 3 aliphatic heterocycles. The zero-order valence-corrected chi connectivity index (χ0v) is 12.0. The standard InChI is InChI=1S/C13H17N3O3S/c17-13(15-6-2-1-3-7-15)11-4-5-12-14-20(18,19)9-8-16(12)10-11/h4-5,10H,1-3,6-9H2. The van der Waals surface area contributed by atoms with Crippen LogP contribution in [0, 0.1) is 0 Å². The third-order valence-electron chi connectivity index (χ3n) is 3.71. The second-order valence-corrected chi connectivity index (χ2v) is 6.95. The lowest BCUT2D eigenvalue weighted by molar-refractivity contribution is -0.127. The summed E-state index contributed by atoms with van der Waals surface area (Å²) >= 11 is 0. The average Bonchev–Trinajstić information content (AvgIpc) is 2.46. The van der Waals surface area contributed by atoms with Crippen molar-refractivity contribution in [1.29, 1.82) is 0 Å². The van der Waals surface area contributed by atoms with Gasteiger partial charge < -0.3 is 9.80 Å².